The Labute approximate surface area is 163 Å². The molecular weight excluding hydrogens is 394 g/mol. The number of pyridine rings is 1. The number of rotatable bonds is 5. The molecule has 1 aromatic heterocycles. The van der Waals surface area contributed by atoms with Gasteiger partial charge in [-0.1, -0.05) is 0 Å². The Hall–Kier alpha value is -2.62. The van der Waals surface area contributed by atoms with Gasteiger partial charge in [-0.15, -0.1) is 0 Å². The molecule has 6 nitrogen and oxygen atoms in total. The van der Waals surface area contributed by atoms with Crippen molar-refractivity contribution >= 4 is 22.6 Å². The van der Waals surface area contributed by atoms with E-state index < -0.39 is 51.1 Å². The largest absolute Gasteiger partial charge is 0.477 e. The third-order valence-electron chi connectivity index (χ3n) is 5.24. The molecule has 1 fully saturated rings. The molecule has 0 saturated carbocycles. The minimum absolute atomic E-state index is 0.0202. The number of carboxylic acid groups (broad SMARTS) is 1. The van der Waals surface area contributed by atoms with E-state index >= 15 is 0 Å². The van der Waals surface area contributed by atoms with E-state index in [4.69, 9.17) is 0 Å². The topological polar surface area (TPSA) is 74.6 Å². The highest BCUT2D eigenvalue weighted by molar-refractivity contribution is 5.95. The Morgan fingerprint density at radius 2 is 2.07 bits per heavy atom. The van der Waals surface area contributed by atoms with Crippen molar-refractivity contribution in [1.82, 2.24) is 9.88 Å². The number of carbonyl (C=O) groups is 1. The molecule has 29 heavy (non-hydrogen) atoms. The molecule has 3 rings (SSSR count). The third kappa shape index (κ3) is 3.68. The average molecular weight is 415 g/mol. The van der Waals surface area contributed by atoms with Crippen molar-refractivity contribution in [2.75, 3.05) is 31.6 Å². The number of anilines is 1. The van der Waals surface area contributed by atoms with Crippen LogP contribution in [0.2, 0.25) is 0 Å². The van der Waals surface area contributed by atoms with Crippen molar-refractivity contribution in [1.29, 1.82) is 0 Å². The van der Waals surface area contributed by atoms with Crippen LogP contribution in [0.25, 0.3) is 10.9 Å². The summed E-state index contributed by atoms with van der Waals surface area (Å²) >= 11 is 0. The van der Waals surface area contributed by atoms with E-state index in [2.05, 4.69) is 5.32 Å². The van der Waals surface area contributed by atoms with Gasteiger partial charge in [0.25, 0.3) is 0 Å². The lowest BCUT2D eigenvalue weighted by Gasteiger charge is -2.26. The van der Waals surface area contributed by atoms with E-state index in [-0.39, 0.29) is 25.6 Å². The molecule has 1 atom stereocenters. The van der Waals surface area contributed by atoms with Gasteiger partial charge in [0.1, 0.15) is 16.9 Å². The summed E-state index contributed by atoms with van der Waals surface area (Å²) in [7, 11) is 1.74. The van der Waals surface area contributed by atoms with E-state index in [1.165, 1.54) is 11.8 Å². The lowest BCUT2D eigenvalue weighted by atomic mass is 10.0. The van der Waals surface area contributed by atoms with Crippen LogP contribution in [-0.4, -0.2) is 42.3 Å². The average Bonchev–Trinajstić information content (AvgIpc) is 3.09. The lowest BCUT2D eigenvalue weighted by molar-refractivity contribution is -0.136. The van der Waals surface area contributed by atoms with Gasteiger partial charge in [0.2, 0.25) is 5.43 Å². The SMILES string of the molecule is CCn1cc(C(=O)O)c(=O)c2cc(F)c(N3CCC(CNC)C3)c(C(F)(F)F)c21. The predicted molar refractivity (Wildman–Crippen MR) is 100 cm³/mol. The quantitative estimate of drug-likeness (QED) is 0.735. The zero-order chi connectivity index (χ0) is 21.5. The smallest absolute Gasteiger partial charge is 0.420 e. The molecular formula is C19H21F4N3O3. The zero-order valence-corrected chi connectivity index (χ0v) is 15.9. The normalized spacial score (nSPS) is 17.3. The second-order valence-electron chi connectivity index (χ2n) is 7.10. The van der Waals surface area contributed by atoms with Gasteiger partial charge in [-0.3, -0.25) is 4.79 Å². The fraction of sp³-hybridized carbons (Fsp3) is 0.474. The van der Waals surface area contributed by atoms with Crippen LogP contribution in [0.3, 0.4) is 0 Å². The molecule has 10 heteroatoms. The number of fused-ring (bicyclic) bond motifs is 1. The second kappa shape index (κ2) is 7.66. The first-order valence-electron chi connectivity index (χ1n) is 9.19. The number of aromatic nitrogens is 1. The summed E-state index contributed by atoms with van der Waals surface area (Å²) in [6, 6.07) is 0.728. The maximum Gasteiger partial charge on any atom is 0.420 e. The number of aromatic carboxylic acids is 1. The first kappa shape index (κ1) is 21.1. The van der Waals surface area contributed by atoms with Crippen LogP contribution < -0.4 is 15.6 Å². The maximum absolute atomic E-state index is 15.0. The monoisotopic (exact) mass is 415 g/mol. The highest BCUT2D eigenvalue weighted by Crippen LogP contribution is 2.44. The highest BCUT2D eigenvalue weighted by atomic mass is 19.4. The van der Waals surface area contributed by atoms with Gasteiger partial charge in [0.15, 0.2) is 0 Å². The summed E-state index contributed by atoms with van der Waals surface area (Å²) in [5.74, 6) is -2.69. The molecule has 0 spiro atoms. The number of nitrogens with zero attached hydrogens (tertiary/aromatic N) is 2. The summed E-state index contributed by atoms with van der Waals surface area (Å²) in [4.78, 5) is 25.2. The number of hydrogen-bond donors (Lipinski definition) is 2. The number of halogens is 4. The first-order chi connectivity index (χ1) is 13.6. The molecule has 158 valence electrons. The Kier molecular flexibility index (Phi) is 5.57. The van der Waals surface area contributed by atoms with Crippen molar-refractivity contribution in [3.63, 3.8) is 0 Å². The van der Waals surface area contributed by atoms with Gasteiger partial charge < -0.3 is 19.9 Å². The third-order valence-corrected chi connectivity index (χ3v) is 5.24. The van der Waals surface area contributed by atoms with Crippen LogP contribution in [0.4, 0.5) is 23.2 Å². The van der Waals surface area contributed by atoms with Crippen LogP contribution >= 0.6 is 0 Å². The fourth-order valence-corrected chi connectivity index (χ4v) is 4.00. The Morgan fingerprint density at radius 1 is 1.38 bits per heavy atom. The Morgan fingerprint density at radius 3 is 2.62 bits per heavy atom. The number of alkyl halides is 3. The summed E-state index contributed by atoms with van der Waals surface area (Å²) in [6.07, 6.45) is -3.45. The van der Waals surface area contributed by atoms with Gasteiger partial charge in [0.05, 0.1) is 16.6 Å². The van der Waals surface area contributed by atoms with E-state index in [0.29, 0.717) is 13.0 Å². The van der Waals surface area contributed by atoms with Crippen LogP contribution in [0.15, 0.2) is 17.1 Å². The van der Waals surface area contributed by atoms with Crippen molar-refractivity contribution in [2.24, 2.45) is 5.92 Å². The van der Waals surface area contributed by atoms with Crippen LogP contribution in [0.5, 0.6) is 0 Å². The summed E-state index contributed by atoms with van der Waals surface area (Å²) in [5, 5.41) is 11.6. The van der Waals surface area contributed by atoms with Crippen LogP contribution in [-0.2, 0) is 12.7 Å². The Balaban J connectivity index is 2.37. The lowest BCUT2D eigenvalue weighted by Crippen LogP contribution is -2.29. The number of nitrogens with one attached hydrogen (secondary N) is 1. The standard InChI is InChI=1S/C19H21F4N3O3/c1-3-25-9-12(18(28)29)17(27)11-6-13(20)16(14(15(11)25)19(21,22)23)26-5-4-10(8-26)7-24-2/h6,9-10,24H,3-5,7-8H2,1-2H3,(H,28,29). The van der Waals surface area contributed by atoms with Gasteiger partial charge in [-0.05, 0) is 38.9 Å². The molecule has 1 saturated heterocycles. The van der Waals surface area contributed by atoms with Crippen LogP contribution in [0, 0.1) is 11.7 Å². The highest BCUT2D eigenvalue weighted by Gasteiger charge is 2.41. The van der Waals surface area contributed by atoms with Gasteiger partial charge in [0, 0.05) is 25.8 Å². The molecule has 2 aromatic rings. The molecule has 1 aliphatic heterocycles. The van der Waals surface area contributed by atoms with Crippen molar-refractivity contribution in [2.45, 2.75) is 26.1 Å². The minimum Gasteiger partial charge on any atom is -0.477 e. The van der Waals surface area contributed by atoms with E-state index in [1.54, 1.807) is 7.05 Å². The van der Waals surface area contributed by atoms with Crippen molar-refractivity contribution in [3.8, 4) is 0 Å². The first-order valence-corrected chi connectivity index (χ1v) is 9.19. The van der Waals surface area contributed by atoms with Gasteiger partial charge in [-0.2, -0.15) is 13.2 Å². The number of carboxylic acids is 1. The molecule has 2 heterocycles. The van der Waals surface area contributed by atoms with E-state index in [1.807, 2.05) is 0 Å². The summed E-state index contributed by atoms with van der Waals surface area (Å²) < 4.78 is 58.4. The Bertz CT molecular complexity index is 1020. The fourth-order valence-electron chi connectivity index (χ4n) is 4.00. The maximum atomic E-state index is 15.0. The molecule has 0 bridgehead atoms. The molecule has 0 amide bonds. The molecule has 0 aliphatic carbocycles. The predicted octanol–water partition coefficient (Wildman–Crippen LogP) is 2.92. The van der Waals surface area contributed by atoms with Crippen molar-refractivity contribution in [3.05, 3.63) is 39.4 Å². The number of aryl methyl sites for hydroxylation is 1. The van der Waals surface area contributed by atoms with Gasteiger partial charge in [-0.25, -0.2) is 9.18 Å². The summed E-state index contributed by atoms with van der Waals surface area (Å²) in [5.41, 5.74) is -4.16. The second-order valence-corrected chi connectivity index (χ2v) is 7.10. The van der Waals surface area contributed by atoms with Crippen LogP contribution in [0.1, 0.15) is 29.3 Å². The molecule has 0 radical (unpaired) electrons. The molecule has 1 unspecified atom stereocenters. The molecule has 1 aromatic carbocycles. The van der Waals surface area contributed by atoms with Crippen molar-refractivity contribution < 1.29 is 27.5 Å². The number of benzene rings is 1. The zero-order valence-electron chi connectivity index (χ0n) is 15.9. The minimum atomic E-state index is -4.94. The molecule has 2 N–H and O–H groups in total. The molecule has 1 aliphatic rings. The van der Waals surface area contributed by atoms with E-state index in [0.717, 1.165) is 16.8 Å². The summed E-state index contributed by atoms with van der Waals surface area (Å²) in [6.45, 7) is 2.59. The van der Waals surface area contributed by atoms with E-state index in [9.17, 15) is 32.3 Å². The number of hydrogen-bond acceptors (Lipinski definition) is 4. The van der Waals surface area contributed by atoms with Gasteiger partial charge >= 0.3 is 12.1 Å².